The zero-order valence-corrected chi connectivity index (χ0v) is 12.4. The summed E-state index contributed by atoms with van der Waals surface area (Å²) in [6, 6.07) is 8.48. The Morgan fingerprint density at radius 3 is 3.00 bits per heavy atom. The number of methoxy groups -OCH3 is 1. The normalized spacial score (nSPS) is 10.8. The highest BCUT2D eigenvalue weighted by molar-refractivity contribution is 7.98. The number of esters is 1. The number of carbonyl (C=O) groups is 1. The molecule has 22 heavy (non-hydrogen) atoms. The molecule has 0 radical (unpaired) electrons. The standard InChI is InChI=1S/C14H11N3O4S/c1-20-12(18)10-6-5-9(21-10)8-22-13-15-11-4-2-3-7-17(11)14(19)16-13/h2-7H,8H2,1H3. The minimum Gasteiger partial charge on any atom is -0.463 e. The van der Waals surface area contributed by atoms with E-state index in [0.717, 1.165) is 0 Å². The van der Waals surface area contributed by atoms with Crippen LogP contribution in [-0.2, 0) is 10.5 Å². The van der Waals surface area contributed by atoms with Gasteiger partial charge in [0.1, 0.15) is 11.4 Å². The first kappa shape index (κ1) is 14.3. The lowest BCUT2D eigenvalue weighted by atomic mass is 10.4. The molecule has 3 aromatic rings. The first-order valence-corrected chi connectivity index (χ1v) is 7.31. The van der Waals surface area contributed by atoms with E-state index in [1.54, 1.807) is 30.5 Å². The van der Waals surface area contributed by atoms with Crippen LogP contribution in [0.5, 0.6) is 0 Å². The van der Waals surface area contributed by atoms with Crippen molar-refractivity contribution in [2.24, 2.45) is 0 Å². The summed E-state index contributed by atoms with van der Waals surface area (Å²) in [5.74, 6) is 0.579. The van der Waals surface area contributed by atoms with Gasteiger partial charge in [-0.1, -0.05) is 17.8 Å². The molecule has 0 fully saturated rings. The lowest BCUT2D eigenvalue weighted by Gasteiger charge is -2.01. The number of furan rings is 1. The number of hydrogen-bond donors (Lipinski definition) is 0. The molecule has 0 aromatic carbocycles. The molecule has 0 N–H and O–H groups in total. The van der Waals surface area contributed by atoms with Crippen molar-refractivity contribution in [3.05, 3.63) is 58.5 Å². The molecule has 0 saturated carbocycles. The number of ether oxygens (including phenoxy) is 1. The van der Waals surface area contributed by atoms with Crippen molar-refractivity contribution in [2.75, 3.05) is 7.11 Å². The molecule has 7 nitrogen and oxygen atoms in total. The molecule has 8 heteroatoms. The van der Waals surface area contributed by atoms with E-state index >= 15 is 0 Å². The molecule has 0 bridgehead atoms. The van der Waals surface area contributed by atoms with Gasteiger partial charge < -0.3 is 9.15 Å². The Morgan fingerprint density at radius 2 is 2.18 bits per heavy atom. The van der Waals surface area contributed by atoms with Gasteiger partial charge >= 0.3 is 11.7 Å². The molecule has 0 aliphatic heterocycles. The van der Waals surface area contributed by atoms with E-state index in [4.69, 9.17) is 4.42 Å². The summed E-state index contributed by atoms with van der Waals surface area (Å²) < 4.78 is 11.3. The Hall–Kier alpha value is -2.61. The van der Waals surface area contributed by atoms with Crippen LogP contribution < -0.4 is 5.69 Å². The number of thioether (sulfide) groups is 1. The third-order valence-corrected chi connectivity index (χ3v) is 3.71. The minimum absolute atomic E-state index is 0.137. The van der Waals surface area contributed by atoms with Crippen molar-refractivity contribution in [1.29, 1.82) is 0 Å². The number of rotatable bonds is 4. The van der Waals surface area contributed by atoms with Gasteiger partial charge in [0.2, 0.25) is 5.76 Å². The third-order valence-electron chi connectivity index (χ3n) is 2.84. The summed E-state index contributed by atoms with van der Waals surface area (Å²) in [6.07, 6.45) is 1.61. The molecular weight excluding hydrogens is 306 g/mol. The van der Waals surface area contributed by atoms with Crippen molar-refractivity contribution in [2.45, 2.75) is 10.9 Å². The summed E-state index contributed by atoms with van der Waals surface area (Å²) in [7, 11) is 1.29. The number of nitrogens with zero attached hydrogens (tertiary/aromatic N) is 3. The maximum atomic E-state index is 11.9. The van der Waals surface area contributed by atoms with Crippen LogP contribution in [0.1, 0.15) is 16.3 Å². The molecule has 3 aromatic heterocycles. The molecule has 0 atom stereocenters. The maximum absolute atomic E-state index is 11.9. The third kappa shape index (κ3) is 2.86. The fourth-order valence-corrected chi connectivity index (χ4v) is 2.54. The smallest absolute Gasteiger partial charge is 0.373 e. The highest BCUT2D eigenvalue weighted by Crippen LogP contribution is 2.20. The lowest BCUT2D eigenvalue weighted by Crippen LogP contribution is -2.18. The summed E-state index contributed by atoms with van der Waals surface area (Å²) in [4.78, 5) is 31.3. The minimum atomic E-state index is -0.531. The van der Waals surface area contributed by atoms with E-state index in [1.807, 2.05) is 0 Å². The van der Waals surface area contributed by atoms with E-state index in [0.29, 0.717) is 22.3 Å². The van der Waals surface area contributed by atoms with E-state index in [1.165, 1.54) is 29.3 Å². The van der Waals surface area contributed by atoms with Gasteiger partial charge in [0.15, 0.2) is 5.16 Å². The maximum Gasteiger partial charge on any atom is 0.373 e. The van der Waals surface area contributed by atoms with Crippen molar-refractivity contribution in [1.82, 2.24) is 14.4 Å². The Labute approximate surface area is 129 Å². The van der Waals surface area contributed by atoms with Crippen molar-refractivity contribution < 1.29 is 13.9 Å². The van der Waals surface area contributed by atoms with E-state index in [2.05, 4.69) is 14.7 Å². The van der Waals surface area contributed by atoms with Crippen LogP contribution >= 0.6 is 11.8 Å². The SMILES string of the molecule is COC(=O)c1ccc(CSc2nc(=O)n3ccccc3n2)o1. The highest BCUT2D eigenvalue weighted by Gasteiger charge is 2.12. The van der Waals surface area contributed by atoms with Gasteiger partial charge in [-0.25, -0.2) is 14.6 Å². The first-order valence-electron chi connectivity index (χ1n) is 6.32. The fraction of sp³-hybridized carbons (Fsp3) is 0.143. The molecule has 3 heterocycles. The average molecular weight is 317 g/mol. The zero-order valence-electron chi connectivity index (χ0n) is 11.6. The van der Waals surface area contributed by atoms with Gasteiger partial charge in [-0.2, -0.15) is 4.98 Å². The number of carbonyl (C=O) groups excluding carboxylic acids is 1. The topological polar surface area (TPSA) is 86.7 Å². The van der Waals surface area contributed by atoms with Crippen molar-refractivity contribution in [3.8, 4) is 0 Å². The molecule has 0 spiro atoms. The summed E-state index contributed by atoms with van der Waals surface area (Å²) >= 11 is 1.25. The van der Waals surface area contributed by atoms with E-state index in [9.17, 15) is 9.59 Å². The predicted octanol–water partition coefficient (Wildman–Crippen LogP) is 1.76. The fourth-order valence-electron chi connectivity index (χ4n) is 1.81. The number of fused-ring (bicyclic) bond motifs is 1. The summed E-state index contributed by atoms with van der Waals surface area (Å²) in [6.45, 7) is 0. The number of pyridine rings is 1. The Balaban J connectivity index is 1.78. The Bertz CT molecular complexity index is 887. The molecular formula is C14H11N3O4S. The van der Waals surface area contributed by atoms with Gasteiger partial charge in [-0.05, 0) is 24.3 Å². The quantitative estimate of drug-likeness (QED) is 0.535. The molecule has 3 rings (SSSR count). The molecule has 0 unspecified atom stereocenters. The number of aromatic nitrogens is 3. The van der Waals surface area contributed by atoms with Crippen molar-refractivity contribution >= 4 is 23.4 Å². The molecule has 0 saturated heterocycles. The average Bonchev–Trinajstić information content (AvgIpc) is 3.01. The largest absolute Gasteiger partial charge is 0.463 e. The van der Waals surface area contributed by atoms with Crippen LogP contribution in [0.25, 0.3) is 5.65 Å². The predicted molar refractivity (Wildman–Crippen MR) is 78.9 cm³/mol. The second-order valence-corrected chi connectivity index (χ2v) is 5.21. The monoisotopic (exact) mass is 317 g/mol. The molecule has 0 amide bonds. The second kappa shape index (κ2) is 6.02. The molecule has 0 aliphatic rings. The highest BCUT2D eigenvalue weighted by atomic mass is 32.2. The van der Waals surface area contributed by atoms with Gasteiger partial charge in [-0.15, -0.1) is 0 Å². The number of hydrogen-bond acceptors (Lipinski definition) is 7. The van der Waals surface area contributed by atoms with Crippen LogP contribution in [0.2, 0.25) is 0 Å². The Morgan fingerprint density at radius 1 is 1.32 bits per heavy atom. The second-order valence-electron chi connectivity index (χ2n) is 4.26. The van der Waals surface area contributed by atoms with Crippen LogP contribution in [0.15, 0.2) is 50.9 Å². The van der Waals surface area contributed by atoms with Crippen LogP contribution in [0, 0.1) is 0 Å². The molecule has 112 valence electrons. The van der Waals surface area contributed by atoms with Gasteiger partial charge in [-0.3, -0.25) is 4.40 Å². The molecule has 0 aliphatic carbocycles. The van der Waals surface area contributed by atoms with Crippen molar-refractivity contribution in [3.63, 3.8) is 0 Å². The van der Waals surface area contributed by atoms with Crippen LogP contribution in [-0.4, -0.2) is 27.4 Å². The van der Waals surface area contributed by atoms with Crippen LogP contribution in [0.4, 0.5) is 0 Å². The Kier molecular flexibility index (Phi) is 3.92. The summed E-state index contributed by atoms with van der Waals surface area (Å²) in [5.41, 5.74) is 0.141. The van der Waals surface area contributed by atoms with Gasteiger partial charge in [0.25, 0.3) is 0 Å². The lowest BCUT2D eigenvalue weighted by molar-refractivity contribution is 0.0563. The van der Waals surface area contributed by atoms with Crippen LogP contribution in [0.3, 0.4) is 0 Å². The van der Waals surface area contributed by atoms with E-state index in [-0.39, 0.29) is 11.4 Å². The van der Waals surface area contributed by atoms with Gasteiger partial charge in [0.05, 0.1) is 12.9 Å². The van der Waals surface area contributed by atoms with E-state index < -0.39 is 5.97 Å². The summed E-state index contributed by atoms with van der Waals surface area (Å²) in [5, 5.41) is 0.354. The first-order chi connectivity index (χ1) is 10.7. The van der Waals surface area contributed by atoms with Gasteiger partial charge in [0, 0.05) is 6.20 Å². The zero-order chi connectivity index (χ0) is 15.5.